The van der Waals surface area contributed by atoms with Crippen LogP contribution in [0.3, 0.4) is 0 Å². The molecule has 0 aliphatic carbocycles. The third-order valence-corrected chi connectivity index (χ3v) is 4.47. The van der Waals surface area contributed by atoms with Gasteiger partial charge in [-0.1, -0.05) is 43.7 Å². The minimum absolute atomic E-state index is 0.244. The largest absolute Gasteiger partial charge is 0.396 e. The molecule has 5 heteroatoms. The van der Waals surface area contributed by atoms with Crippen LogP contribution < -0.4 is 10.6 Å². The second kappa shape index (κ2) is 16.6. The maximum Gasteiger partial charge on any atom is 0.191 e. The van der Waals surface area contributed by atoms with Crippen LogP contribution in [0.5, 0.6) is 0 Å². The first-order chi connectivity index (χ1) is 13.3. The molecule has 1 aromatic rings. The van der Waals surface area contributed by atoms with Crippen molar-refractivity contribution in [3.8, 4) is 0 Å². The molecule has 0 fully saturated rings. The number of aliphatic hydroxyl groups excluding tert-OH is 1. The fourth-order valence-corrected chi connectivity index (χ4v) is 2.95. The second-order valence-corrected chi connectivity index (χ2v) is 6.87. The fraction of sp³-hybridized carbons (Fsp3) is 0.682. The number of hydrogen-bond donors (Lipinski definition) is 3. The number of benzene rings is 1. The van der Waals surface area contributed by atoms with Gasteiger partial charge in [0.2, 0.25) is 0 Å². The summed E-state index contributed by atoms with van der Waals surface area (Å²) in [6.45, 7) is 8.61. The number of guanidine groups is 1. The molecule has 0 aliphatic heterocycles. The Labute approximate surface area is 165 Å². The number of rotatable bonds is 15. The van der Waals surface area contributed by atoms with Gasteiger partial charge in [-0.25, -0.2) is 0 Å². The van der Waals surface area contributed by atoms with Crippen molar-refractivity contribution in [3.63, 3.8) is 0 Å². The minimum atomic E-state index is 0.244. The molecule has 0 bridgehead atoms. The first-order valence-electron chi connectivity index (χ1n) is 10.5. The lowest BCUT2D eigenvalue weighted by Crippen LogP contribution is -2.38. The summed E-state index contributed by atoms with van der Waals surface area (Å²) in [5.74, 6) is 1.34. The predicted molar refractivity (Wildman–Crippen MR) is 114 cm³/mol. The molecule has 0 spiro atoms. The zero-order valence-electron chi connectivity index (χ0n) is 17.3. The monoisotopic (exact) mass is 377 g/mol. The van der Waals surface area contributed by atoms with Crippen molar-refractivity contribution in [2.75, 3.05) is 39.5 Å². The lowest BCUT2D eigenvalue weighted by atomic mass is 10.0. The quantitative estimate of drug-likeness (QED) is 0.249. The van der Waals surface area contributed by atoms with Gasteiger partial charge in [-0.3, -0.25) is 4.99 Å². The average molecular weight is 378 g/mol. The van der Waals surface area contributed by atoms with Crippen molar-refractivity contribution in [3.05, 3.63) is 35.9 Å². The summed E-state index contributed by atoms with van der Waals surface area (Å²) in [6.07, 6.45) is 6.16. The molecule has 0 amide bonds. The average Bonchev–Trinajstić information content (AvgIpc) is 2.69. The van der Waals surface area contributed by atoms with Crippen molar-refractivity contribution < 1.29 is 9.84 Å². The normalized spacial score (nSPS) is 12.8. The van der Waals surface area contributed by atoms with Gasteiger partial charge in [0.25, 0.3) is 0 Å². The van der Waals surface area contributed by atoms with E-state index in [1.807, 2.05) is 6.07 Å². The molecule has 1 unspecified atom stereocenters. The number of nitrogens with one attached hydrogen (secondary N) is 2. The number of aliphatic hydroxyl groups is 1. The van der Waals surface area contributed by atoms with Gasteiger partial charge in [0.05, 0.1) is 6.61 Å². The summed E-state index contributed by atoms with van der Waals surface area (Å²) in [7, 11) is 0. The van der Waals surface area contributed by atoms with Crippen LogP contribution in [-0.2, 0) is 11.2 Å². The molecule has 0 saturated carbocycles. The SMILES string of the molecule is CCCC(CCO)CN=C(NCC)NCCCCOCCc1ccccc1. The second-order valence-electron chi connectivity index (χ2n) is 6.87. The van der Waals surface area contributed by atoms with Gasteiger partial charge in [-0.15, -0.1) is 0 Å². The van der Waals surface area contributed by atoms with Crippen molar-refractivity contribution in [2.24, 2.45) is 10.9 Å². The van der Waals surface area contributed by atoms with Crippen LogP contribution in [0.4, 0.5) is 0 Å². The Bertz CT molecular complexity index is 474. The number of nitrogens with zero attached hydrogens (tertiary/aromatic N) is 1. The summed E-state index contributed by atoms with van der Waals surface area (Å²) in [5.41, 5.74) is 1.33. The molecular formula is C22H39N3O2. The van der Waals surface area contributed by atoms with Gasteiger partial charge in [-0.2, -0.15) is 0 Å². The molecule has 0 aliphatic rings. The predicted octanol–water partition coefficient (Wildman–Crippen LogP) is 3.38. The first kappa shape index (κ1) is 23.4. The van der Waals surface area contributed by atoms with Crippen molar-refractivity contribution >= 4 is 5.96 Å². The zero-order chi connectivity index (χ0) is 19.6. The van der Waals surface area contributed by atoms with Crippen LogP contribution in [0.25, 0.3) is 0 Å². The van der Waals surface area contributed by atoms with Crippen LogP contribution in [0.15, 0.2) is 35.3 Å². The Balaban J connectivity index is 2.13. The van der Waals surface area contributed by atoms with Gasteiger partial charge in [-0.05, 0) is 50.5 Å². The molecule has 0 aromatic heterocycles. The number of unbranched alkanes of at least 4 members (excludes halogenated alkanes) is 1. The minimum Gasteiger partial charge on any atom is -0.396 e. The third-order valence-electron chi connectivity index (χ3n) is 4.47. The van der Waals surface area contributed by atoms with Crippen molar-refractivity contribution in [1.82, 2.24) is 10.6 Å². The molecule has 5 nitrogen and oxygen atoms in total. The standard InChI is InChI=1S/C22H39N3O2/c1-3-10-21(13-16-26)19-25-22(23-4-2)24-15-8-9-17-27-18-14-20-11-6-5-7-12-20/h5-7,11-12,21,26H,3-4,8-10,13-19H2,1-2H3,(H2,23,24,25). The van der Waals surface area contributed by atoms with Crippen LogP contribution in [0.2, 0.25) is 0 Å². The molecule has 3 N–H and O–H groups in total. The summed E-state index contributed by atoms with van der Waals surface area (Å²) in [4.78, 5) is 4.68. The molecule has 1 rings (SSSR count). The van der Waals surface area contributed by atoms with Crippen molar-refractivity contribution in [2.45, 2.75) is 52.4 Å². The highest BCUT2D eigenvalue weighted by molar-refractivity contribution is 5.79. The van der Waals surface area contributed by atoms with Gasteiger partial charge in [0.15, 0.2) is 5.96 Å². The Hall–Kier alpha value is -1.59. The maximum atomic E-state index is 9.17. The lowest BCUT2D eigenvalue weighted by molar-refractivity contribution is 0.133. The highest BCUT2D eigenvalue weighted by Crippen LogP contribution is 2.10. The summed E-state index contributed by atoms with van der Waals surface area (Å²) in [6, 6.07) is 10.5. The van der Waals surface area contributed by atoms with Crippen molar-refractivity contribution in [1.29, 1.82) is 0 Å². The molecule has 27 heavy (non-hydrogen) atoms. The molecular weight excluding hydrogens is 338 g/mol. The first-order valence-corrected chi connectivity index (χ1v) is 10.5. The maximum absolute atomic E-state index is 9.17. The van der Waals surface area contributed by atoms with Gasteiger partial charge in [0, 0.05) is 32.8 Å². The molecule has 0 heterocycles. The molecule has 154 valence electrons. The fourth-order valence-electron chi connectivity index (χ4n) is 2.95. The van der Waals surface area contributed by atoms with E-state index < -0.39 is 0 Å². The van der Waals surface area contributed by atoms with Crippen LogP contribution in [0.1, 0.15) is 51.5 Å². The molecule has 1 aromatic carbocycles. The molecule has 0 saturated heterocycles. The number of hydrogen-bond acceptors (Lipinski definition) is 3. The third kappa shape index (κ3) is 12.4. The smallest absolute Gasteiger partial charge is 0.191 e. The van der Waals surface area contributed by atoms with E-state index in [0.717, 1.165) is 77.3 Å². The topological polar surface area (TPSA) is 65.9 Å². The number of aliphatic imine (C=N–C) groups is 1. The Morgan fingerprint density at radius 1 is 1.07 bits per heavy atom. The zero-order valence-corrected chi connectivity index (χ0v) is 17.3. The van der Waals surface area contributed by atoms with Gasteiger partial charge in [0.1, 0.15) is 0 Å². The van der Waals surface area contributed by atoms with E-state index in [-0.39, 0.29) is 6.61 Å². The van der Waals surface area contributed by atoms with E-state index in [1.54, 1.807) is 0 Å². The van der Waals surface area contributed by atoms with E-state index in [9.17, 15) is 0 Å². The number of ether oxygens (including phenoxy) is 1. The van der Waals surface area contributed by atoms with Gasteiger partial charge >= 0.3 is 0 Å². The highest BCUT2D eigenvalue weighted by atomic mass is 16.5. The summed E-state index contributed by atoms with van der Waals surface area (Å²) < 4.78 is 5.73. The van der Waals surface area contributed by atoms with Gasteiger partial charge < -0.3 is 20.5 Å². The van der Waals surface area contributed by atoms with E-state index in [2.05, 4.69) is 53.7 Å². The summed E-state index contributed by atoms with van der Waals surface area (Å²) in [5, 5.41) is 15.9. The van der Waals surface area contributed by atoms with E-state index in [0.29, 0.717) is 5.92 Å². The summed E-state index contributed by atoms with van der Waals surface area (Å²) >= 11 is 0. The molecule has 0 radical (unpaired) electrons. The lowest BCUT2D eigenvalue weighted by Gasteiger charge is -2.15. The van der Waals surface area contributed by atoms with E-state index >= 15 is 0 Å². The van der Waals surface area contributed by atoms with Crippen LogP contribution in [-0.4, -0.2) is 50.5 Å². The van der Waals surface area contributed by atoms with E-state index in [1.165, 1.54) is 5.56 Å². The highest BCUT2D eigenvalue weighted by Gasteiger charge is 2.07. The van der Waals surface area contributed by atoms with E-state index in [4.69, 9.17) is 9.84 Å². The Morgan fingerprint density at radius 2 is 1.89 bits per heavy atom. The van der Waals surface area contributed by atoms with Crippen LogP contribution in [0, 0.1) is 5.92 Å². The Morgan fingerprint density at radius 3 is 2.59 bits per heavy atom. The van der Waals surface area contributed by atoms with Crippen LogP contribution >= 0.6 is 0 Å². The molecule has 1 atom stereocenters. The Kier molecular flexibility index (Phi) is 14.4.